The second kappa shape index (κ2) is 8.11. The number of nitrogens with one attached hydrogen (secondary N) is 2. The summed E-state index contributed by atoms with van der Waals surface area (Å²) in [6.07, 6.45) is 1.05. The number of hydrogen-bond acceptors (Lipinski definition) is 4. The molecule has 7 heteroatoms. The number of para-hydroxylation sites is 1. The van der Waals surface area contributed by atoms with Gasteiger partial charge in [0, 0.05) is 17.6 Å². The van der Waals surface area contributed by atoms with Crippen LogP contribution in [0, 0.1) is 0 Å². The summed E-state index contributed by atoms with van der Waals surface area (Å²) in [6, 6.07) is 16.6. The molecule has 0 unspecified atom stereocenters. The highest BCUT2D eigenvalue weighted by atomic mass is 19.4. The lowest BCUT2D eigenvalue weighted by Gasteiger charge is -2.16. The van der Waals surface area contributed by atoms with E-state index in [1.807, 2.05) is 30.3 Å². The Hall–Kier alpha value is -3.09. The standard InChI is InChI=1S/C22H21F3N4/c23-22(24,25)19-14-26-21(28-17-8-2-1-3-9-17)29-20(19)27-18-12-10-16(11-13-18)15-6-4-5-7-15/h1-3,8-15H,4-7H2,(H2,26,27,28,29). The van der Waals surface area contributed by atoms with Crippen LogP contribution in [-0.2, 0) is 6.18 Å². The van der Waals surface area contributed by atoms with E-state index in [1.54, 1.807) is 24.3 Å². The van der Waals surface area contributed by atoms with Crippen LogP contribution in [0.25, 0.3) is 0 Å². The molecule has 1 heterocycles. The van der Waals surface area contributed by atoms with Crippen LogP contribution < -0.4 is 10.6 Å². The molecule has 1 fully saturated rings. The Labute approximate surface area is 167 Å². The second-order valence-electron chi connectivity index (χ2n) is 7.17. The average molecular weight is 398 g/mol. The third-order valence-electron chi connectivity index (χ3n) is 5.12. The van der Waals surface area contributed by atoms with Crippen molar-refractivity contribution in [2.75, 3.05) is 10.6 Å². The van der Waals surface area contributed by atoms with Crippen LogP contribution >= 0.6 is 0 Å². The number of rotatable bonds is 5. The van der Waals surface area contributed by atoms with Gasteiger partial charge in [-0.05, 0) is 48.6 Å². The van der Waals surface area contributed by atoms with Crippen molar-refractivity contribution in [2.45, 2.75) is 37.8 Å². The number of alkyl halides is 3. The van der Waals surface area contributed by atoms with Gasteiger partial charge in [0.25, 0.3) is 0 Å². The lowest BCUT2D eigenvalue weighted by atomic mass is 9.97. The summed E-state index contributed by atoms with van der Waals surface area (Å²) in [4.78, 5) is 7.90. The van der Waals surface area contributed by atoms with Gasteiger partial charge in [-0.2, -0.15) is 18.2 Å². The van der Waals surface area contributed by atoms with Gasteiger partial charge >= 0.3 is 6.18 Å². The van der Waals surface area contributed by atoms with Crippen LogP contribution in [-0.4, -0.2) is 9.97 Å². The fourth-order valence-corrected chi connectivity index (χ4v) is 3.63. The Bertz CT molecular complexity index is 950. The predicted octanol–water partition coefficient (Wildman–Crippen LogP) is 6.64. The van der Waals surface area contributed by atoms with Gasteiger partial charge in [-0.25, -0.2) is 4.98 Å². The highest BCUT2D eigenvalue weighted by molar-refractivity contribution is 5.63. The van der Waals surface area contributed by atoms with Gasteiger partial charge in [0.2, 0.25) is 5.95 Å². The molecule has 4 rings (SSSR count). The fourth-order valence-electron chi connectivity index (χ4n) is 3.63. The molecule has 0 aliphatic heterocycles. The largest absolute Gasteiger partial charge is 0.421 e. The maximum absolute atomic E-state index is 13.4. The van der Waals surface area contributed by atoms with Crippen molar-refractivity contribution in [3.05, 3.63) is 71.9 Å². The minimum absolute atomic E-state index is 0.0919. The number of benzene rings is 2. The van der Waals surface area contributed by atoms with E-state index >= 15 is 0 Å². The van der Waals surface area contributed by atoms with Crippen molar-refractivity contribution >= 4 is 23.1 Å². The Kier molecular flexibility index (Phi) is 5.38. The summed E-state index contributed by atoms with van der Waals surface area (Å²) >= 11 is 0. The molecule has 4 nitrogen and oxygen atoms in total. The van der Waals surface area contributed by atoms with Gasteiger partial charge in [-0.15, -0.1) is 0 Å². The van der Waals surface area contributed by atoms with E-state index in [0.29, 0.717) is 17.3 Å². The lowest BCUT2D eigenvalue weighted by molar-refractivity contribution is -0.137. The first kappa shape index (κ1) is 19.2. The van der Waals surface area contributed by atoms with Crippen LogP contribution in [0.5, 0.6) is 0 Å². The molecule has 0 bridgehead atoms. The number of hydrogen-bond donors (Lipinski definition) is 2. The SMILES string of the molecule is FC(F)(F)c1cnc(Nc2ccccc2)nc1Nc1ccc(C2CCCC2)cc1. The molecule has 1 aliphatic carbocycles. The molecule has 1 aliphatic rings. The van der Waals surface area contributed by atoms with Crippen LogP contribution in [0.3, 0.4) is 0 Å². The maximum atomic E-state index is 13.4. The monoisotopic (exact) mass is 398 g/mol. The summed E-state index contributed by atoms with van der Waals surface area (Å²) in [5.74, 6) is 0.365. The number of halogens is 3. The third kappa shape index (κ3) is 4.67. The number of aromatic nitrogens is 2. The minimum atomic E-state index is -4.56. The lowest BCUT2D eigenvalue weighted by Crippen LogP contribution is -2.12. The average Bonchev–Trinajstić information content (AvgIpc) is 3.23. The molecule has 0 spiro atoms. The Balaban J connectivity index is 1.59. The van der Waals surface area contributed by atoms with Crippen LogP contribution in [0.1, 0.15) is 42.7 Å². The zero-order valence-corrected chi connectivity index (χ0v) is 15.7. The van der Waals surface area contributed by atoms with Gasteiger partial charge in [0.05, 0.1) is 0 Å². The number of nitrogens with zero attached hydrogens (tertiary/aromatic N) is 2. The van der Waals surface area contributed by atoms with Crippen molar-refractivity contribution < 1.29 is 13.2 Å². The summed E-state index contributed by atoms with van der Waals surface area (Å²) in [6.45, 7) is 0. The molecule has 1 saturated carbocycles. The highest BCUT2D eigenvalue weighted by Gasteiger charge is 2.35. The Morgan fingerprint density at radius 3 is 2.14 bits per heavy atom. The van der Waals surface area contributed by atoms with E-state index < -0.39 is 11.7 Å². The van der Waals surface area contributed by atoms with E-state index in [2.05, 4.69) is 20.6 Å². The molecule has 2 aromatic carbocycles. The summed E-state index contributed by atoms with van der Waals surface area (Å²) < 4.78 is 40.3. The molecular formula is C22H21F3N4. The van der Waals surface area contributed by atoms with Crippen LogP contribution in [0.2, 0.25) is 0 Å². The van der Waals surface area contributed by atoms with Gasteiger partial charge < -0.3 is 10.6 Å². The van der Waals surface area contributed by atoms with Crippen molar-refractivity contribution in [3.63, 3.8) is 0 Å². The van der Waals surface area contributed by atoms with E-state index in [4.69, 9.17) is 0 Å². The normalized spacial score (nSPS) is 14.7. The second-order valence-corrected chi connectivity index (χ2v) is 7.17. The van der Waals surface area contributed by atoms with Crippen molar-refractivity contribution in [1.29, 1.82) is 0 Å². The van der Waals surface area contributed by atoms with E-state index in [1.165, 1.54) is 31.2 Å². The molecule has 150 valence electrons. The van der Waals surface area contributed by atoms with E-state index in [-0.39, 0.29) is 11.8 Å². The first-order chi connectivity index (χ1) is 14.0. The molecule has 0 atom stereocenters. The van der Waals surface area contributed by atoms with Gasteiger partial charge in [-0.3, -0.25) is 0 Å². The fraction of sp³-hybridized carbons (Fsp3) is 0.273. The van der Waals surface area contributed by atoms with E-state index in [9.17, 15) is 13.2 Å². The predicted molar refractivity (Wildman–Crippen MR) is 108 cm³/mol. The molecule has 0 amide bonds. The zero-order chi connectivity index (χ0) is 20.3. The van der Waals surface area contributed by atoms with Crippen molar-refractivity contribution in [2.24, 2.45) is 0 Å². The molecular weight excluding hydrogens is 377 g/mol. The minimum Gasteiger partial charge on any atom is -0.340 e. The molecule has 2 N–H and O–H groups in total. The smallest absolute Gasteiger partial charge is 0.340 e. The topological polar surface area (TPSA) is 49.8 Å². The molecule has 29 heavy (non-hydrogen) atoms. The van der Waals surface area contributed by atoms with Crippen LogP contribution in [0.4, 0.5) is 36.3 Å². The molecule has 0 radical (unpaired) electrons. The third-order valence-corrected chi connectivity index (χ3v) is 5.12. The zero-order valence-electron chi connectivity index (χ0n) is 15.7. The molecule has 3 aromatic rings. The first-order valence-corrected chi connectivity index (χ1v) is 9.62. The van der Waals surface area contributed by atoms with Gasteiger partial charge in [-0.1, -0.05) is 43.2 Å². The maximum Gasteiger partial charge on any atom is 0.421 e. The summed E-state index contributed by atoms with van der Waals surface area (Å²) in [5, 5.41) is 5.74. The van der Waals surface area contributed by atoms with Crippen molar-refractivity contribution in [3.8, 4) is 0 Å². The Morgan fingerprint density at radius 2 is 1.48 bits per heavy atom. The van der Waals surface area contributed by atoms with Crippen LogP contribution in [0.15, 0.2) is 60.8 Å². The van der Waals surface area contributed by atoms with Gasteiger partial charge in [0.15, 0.2) is 0 Å². The Morgan fingerprint density at radius 1 is 0.828 bits per heavy atom. The van der Waals surface area contributed by atoms with Crippen molar-refractivity contribution in [1.82, 2.24) is 9.97 Å². The summed E-state index contributed by atoms with van der Waals surface area (Å²) in [7, 11) is 0. The highest BCUT2D eigenvalue weighted by Crippen LogP contribution is 2.37. The molecule has 1 aromatic heterocycles. The molecule has 0 saturated heterocycles. The quantitative estimate of drug-likeness (QED) is 0.506. The first-order valence-electron chi connectivity index (χ1n) is 9.62. The van der Waals surface area contributed by atoms with Gasteiger partial charge in [0.1, 0.15) is 11.4 Å². The summed E-state index contributed by atoms with van der Waals surface area (Å²) in [5.41, 5.74) is 1.58. The number of anilines is 4. The van der Waals surface area contributed by atoms with E-state index in [0.717, 1.165) is 6.20 Å².